The molecule has 0 saturated heterocycles. The number of ether oxygens (including phenoxy) is 2. The van der Waals surface area contributed by atoms with E-state index in [0.717, 1.165) is 16.7 Å². The zero-order chi connectivity index (χ0) is 17.2. The minimum absolute atomic E-state index is 0.0921. The maximum Gasteiger partial charge on any atom is 0.335 e. The molecule has 0 aliphatic heterocycles. The van der Waals surface area contributed by atoms with E-state index in [2.05, 4.69) is 20.8 Å². The van der Waals surface area contributed by atoms with Gasteiger partial charge in [0, 0.05) is 0 Å². The molecule has 124 valence electrons. The average molecular weight is 316 g/mol. The van der Waals surface area contributed by atoms with E-state index in [1.54, 1.807) is 19.9 Å². The number of hydrogen-bond acceptors (Lipinski definition) is 4. The lowest BCUT2D eigenvalue weighted by atomic mass is 9.82. The first-order valence-corrected chi connectivity index (χ1v) is 8.00. The van der Waals surface area contributed by atoms with Gasteiger partial charge in [-0.1, -0.05) is 39.0 Å². The molecule has 4 nitrogen and oxygen atoms in total. The summed E-state index contributed by atoms with van der Waals surface area (Å²) < 4.78 is 10.3. The van der Waals surface area contributed by atoms with Crippen LogP contribution in [0.15, 0.2) is 23.8 Å². The van der Waals surface area contributed by atoms with E-state index in [9.17, 15) is 9.59 Å². The lowest BCUT2D eigenvalue weighted by molar-refractivity contribution is -0.147. The van der Waals surface area contributed by atoms with Crippen LogP contribution in [0.2, 0.25) is 0 Å². The molecule has 2 rings (SSSR count). The van der Waals surface area contributed by atoms with Crippen molar-refractivity contribution in [2.75, 3.05) is 13.2 Å². The van der Waals surface area contributed by atoms with Crippen molar-refractivity contribution in [2.45, 2.75) is 46.0 Å². The number of fused-ring (bicyclic) bond motifs is 1. The van der Waals surface area contributed by atoms with Crippen LogP contribution in [0.5, 0.6) is 0 Å². The molecule has 1 aromatic carbocycles. The molecule has 0 fully saturated rings. The predicted octanol–water partition coefficient (Wildman–Crippen LogP) is 3.59. The number of carbonyl (C=O) groups is 2. The number of benzene rings is 1. The zero-order valence-electron chi connectivity index (χ0n) is 14.4. The van der Waals surface area contributed by atoms with Gasteiger partial charge in [0.2, 0.25) is 0 Å². The van der Waals surface area contributed by atoms with Crippen molar-refractivity contribution in [2.24, 2.45) is 0 Å². The molecule has 0 amide bonds. The van der Waals surface area contributed by atoms with Crippen LogP contribution in [0.3, 0.4) is 0 Å². The van der Waals surface area contributed by atoms with Crippen LogP contribution < -0.4 is 0 Å². The summed E-state index contributed by atoms with van der Waals surface area (Å²) in [4.78, 5) is 24.7. The summed E-state index contributed by atoms with van der Waals surface area (Å²) >= 11 is 0. The Kier molecular flexibility index (Phi) is 4.93. The lowest BCUT2D eigenvalue weighted by Crippen LogP contribution is -2.21. The summed E-state index contributed by atoms with van der Waals surface area (Å²) in [5.41, 5.74) is 3.12. The van der Waals surface area contributed by atoms with Crippen molar-refractivity contribution in [3.05, 3.63) is 40.5 Å². The van der Waals surface area contributed by atoms with Gasteiger partial charge >= 0.3 is 11.9 Å². The molecule has 4 heteroatoms. The second kappa shape index (κ2) is 6.57. The van der Waals surface area contributed by atoms with Crippen molar-refractivity contribution < 1.29 is 19.1 Å². The summed E-state index contributed by atoms with van der Waals surface area (Å²) in [5.74, 6) is -1.57. The van der Waals surface area contributed by atoms with Crippen molar-refractivity contribution in [1.82, 2.24) is 0 Å². The van der Waals surface area contributed by atoms with Gasteiger partial charge in [0.25, 0.3) is 0 Å². The third-order valence-corrected chi connectivity index (χ3v) is 3.90. The molecule has 23 heavy (non-hydrogen) atoms. The van der Waals surface area contributed by atoms with Crippen LogP contribution in [0.1, 0.15) is 57.2 Å². The summed E-state index contributed by atoms with van der Waals surface area (Å²) in [7, 11) is 0. The second-order valence-electron chi connectivity index (χ2n) is 6.56. The first-order chi connectivity index (χ1) is 10.8. The molecule has 0 heterocycles. The largest absolute Gasteiger partial charge is 0.465 e. The summed E-state index contributed by atoms with van der Waals surface area (Å²) in [6.45, 7) is 10.4. The van der Waals surface area contributed by atoms with Crippen molar-refractivity contribution >= 4 is 18.0 Å². The molecule has 0 radical (unpaired) electrons. The van der Waals surface area contributed by atoms with Gasteiger partial charge in [-0.25, -0.2) is 4.79 Å². The van der Waals surface area contributed by atoms with Gasteiger partial charge in [-0.2, -0.15) is 0 Å². The van der Waals surface area contributed by atoms with Gasteiger partial charge in [-0.05, 0) is 42.0 Å². The van der Waals surface area contributed by atoms with E-state index >= 15 is 0 Å². The van der Waals surface area contributed by atoms with Crippen LogP contribution in [-0.4, -0.2) is 25.2 Å². The molecule has 0 aromatic heterocycles. The van der Waals surface area contributed by atoms with E-state index in [-0.39, 0.29) is 18.6 Å². The van der Waals surface area contributed by atoms with E-state index in [4.69, 9.17) is 9.47 Å². The third-order valence-electron chi connectivity index (χ3n) is 3.90. The predicted molar refractivity (Wildman–Crippen MR) is 89.1 cm³/mol. The van der Waals surface area contributed by atoms with Crippen LogP contribution in [0.25, 0.3) is 6.08 Å². The van der Waals surface area contributed by atoms with E-state index in [1.807, 2.05) is 18.2 Å². The fourth-order valence-electron chi connectivity index (χ4n) is 2.93. The van der Waals surface area contributed by atoms with Crippen LogP contribution >= 0.6 is 0 Å². The second-order valence-corrected chi connectivity index (χ2v) is 6.56. The highest BCUT2D eigenvalue weighted by Crippen LogP contribution is 2.42. The van der Waals surface area contributed by atoms with E-state index < -0.39 is 17.9 Å². The van der Waals surface area contributed by atoms with E-state index in [1.165, 1.54) is 0 Å². The van der Waals surface area contributed by atoms with Gasteiger partial charge < -0.3 is 9.47 Å². The molecule has 0 N–H and O–H groups in total. The molecule has 1 unspecified atom stereocenters. The van der Waals surface area contributed by atoms with Crippen LogP contribution in [0, 0.1) is 0 Å². The summed E-state index contributed by atoms with van der Waals surface area (Å²) in [6.07, 6.45) is 1.79. The lowest BCUT2D eigenvalue weighted by Gasteiger charge is -2.23. The Hall–Kier alpha value is -2.10. The monoisotopic (exact) mass is 316 g/mol. The van der Waals surface area contributed by atoms with E-state index in [0.29, 0.717) is 5.57 Å². The van der Waals surface area contributed by atoms with Crippen molar-refractivity contribution in [1.29, 1.82) is 0 Å². The number of carbonyl (C=O) groups excluding carboxylic acids is 2. The number of esters is 2. The van der Waals surface area contributed by atoms with Crippen LogP contribution in [0.4, 0.5) is 0 Å². The Balaban J connectivity index is 2.57. The van der Waals surface area contributed by atoms with Gasteiger partial charge in [0.15, 0.2) is 0 Å². The van der Waals surface area contributed by atoms with Gasteiger partial charge in [-0.3, -0.25) is 4.79 Å². The topological polar surface area (TPSA) is 52.6 Å². The maximum absolute atomic E-state index is 12.4. The first kappa shape index (κ1) is 17.3. The minimum atomic E-state index is -0.703. The molecule has 1 aliphatic carbocycles. The normalized spacial score (nSPS) is 16.6. The zero-order valence-corrected chi connectivity index (χ0v) is 14.4. The maximum atomic E-state index is 12.4. The fraction of sp³-hybridized carbons (Fsp3) is 0.474. The molecule has 0 saturated carbocycles. The molecular formula is C19H24O4. The van der Waals surface area contributed by atoms with Gasteiger partial charge in [-0.15, -0.1) is 0 Å². The number of rotatable bonds is 4. The highest BCUT2D eigenvalue weighted by atomic mass is 16.5. The van der Waals surface area contributed by atoms with Crippen molar-refractivity contribution in [3.63, 3.8) is 0 Å². The highest BCUT2D eigenvalue weighted by molar-refractivity contribution is 6.06. The summed E-state index contributed by atoms with van der Waals surface area (Å²) in [6, 6.07) is 5.84. The molecule has 1 aliphatic rings. The van der Waals surface area contributed by atoms with Gasteiger partial charge in [0.05, 0.1) is 18.8 Å². The quantitative estimate of drug-likeness (QED) is 0.797. The standard InChI is InChI=1S/C19H24O4/c1-6-22-17(20)14-11-13-12(16(14)18(21)23-7-2)9-8-10-15(13)19(3,4)5/h8-11,16H,6-7H2,1-5H3. The van der Waals surface area contributed by atoms with Crippen LogP contribution in [-0.2, 0) is 24.5 Å². The van der Waals surface area contributed by atoms with Crippen molar-refractivity contribution in [3.8, 4) is 0 Å². The Morgan fingerprint density at radius 3 is 2.30 bits per heavy atom. The average Bonchev–Trinajstić information content (AvgIpc) is 2.85. The Bertz CT molecular complexity index is 650. The Morgan fingerprint density at radius 2 is 1.74 bits per heavy atom. The highest BCUT2D eigenvalue weighted by Gasteiger charge is 2.39. The minimum Gasteiger partial charge on any atom is -0.465 e. The molecule has 1 atom stereocenters. The summed E-state index contributed by atoms with van der Waals surface area (Å²) in [5, 5.41) is 0. The smallest absolute Gasteiger partial charge is 0.335 e. The first-order valence-electron chi connectivity index (χ1n) is 8.00. The number of hydrogen-bond donors (Lipinski definition) is 0. The van der Waals surface area contributed by atoms with Gasteiger partial charge in [0.1, 0.15) is 5.92 Å². The Morgan fingerprint density at radius 1 is 1.09 bits per heavy atom. The molecule has 0 spiro atoms. The molecular weight excluding hydrogens is 292 g/mol. The molecule has 1 aromatic rings. The molecule has 0 bridgehead atoms. The SMILES string of the molecule is CCOC(=O)C1=Cc2c(cccc2C(C)(C)C)C1C(=O)OCC. The Labute approximate surface area is 137 Å². The third kappa shape index (κ3) is 3.31. The fourth-order valence-corrected chi connectivity index (χ4v) is 2.93.